The molecule has 2 aromatic heterocycles. The Bertz CT molecular complexity index is 814. The predicted octanol–water partition coefficient (Wildman–Crippen LogP) is 1.81. The minimum Gasteiger partial charge on any atom is -0.369 e. The lowest BCUT2D eigenvalue weighted by molar-refractivity contribution is -0.121. The van der Waals surface area contributed by atoms with Crippen molar-refractivity contribution in [3.8, 4) is 0 Å². The Balaban J connectivity index is 1.53. The quantitative estimate of drug-likeness (QED) is 0.692. The summed E-state index contributed by atoms with van der Waals surface area (Å²) in [6.45, 7) is 3.10. The van der Waals surface area contributed by atoms with Crippen LogP contribution in [0.3, 0.4) is 0 Å². The maximum Gasteiger partial charge on any atom is 0.254 e. The first-order valence-electron chi connectivity index (χ1n) is 8.00. The molecule has 0 saturated carbocycles. The van der Waals surface area contributed by atoms with E-state index in [1.54, 1.807) is 4.52 Å². The second-order valence-corrected chi connectivity index (χ2v) is 5.40. The Hall–Kier alpha value is -2.96. The zero-order chi connectivity index (χ0) is 16.8. The summed E-state index contributed by atoms with van der Waals surface area (Å²) >= 11 is 0. The minimum atomic E-state index is 0.00552. The number of nitrogens with zero attached hydrogens (tertiary/aromatic N) is 4. The number of benzene rings is 1. The van der Waals surface area contributed by atoms with Crippen molar-refractivity contribution in [1.29, 1.82) is 0 Å². The molecule has 0 bridgehead atoms. The molecule has 2 heterocycles. The van der Waals surface area contributed by atoms with Crippen molar-refractivity contribution in [1.82, 2.24) is 24.9 Å². The van der Waals surface area contributed by atoms with Gasteiger partial charge >= 0.3 is 0 Å². The molecule has 0 spiro atoms. The Labute approximate surface area is 140 Å². The van der Waals surface area contributed by atoms with Crippen LogP contribution in [0.5, 0.6) is 0 Å². The van der Waals surface area contributed by atoms with Crippen LogP contribution in [0.15, 0.2) is 42.7 Å². The highest BCUT2D eigenvalue weighted by atomic mass is 16.1. The van der Waals surface area contributed by atoms with Crippen LogP contribution < -0.4 is 10.6 Å². The van der Waals surface area contributed by atoms with Gasteiger partial charge in [0.1, 0.15) is 12.1 Å². The first-order chi connectivity index (χ1) is 11.8. The third-order valence-electron chi connectivity index (χ3n) is 3.66. The minimum absolute atomic E-state index is 0.00552. The van der Waals surface area contributed by atoms with Crippen molar-refractivity contribution in [2.24, 2.45) is 0 Å². The second kappa shape index (κ2) is 7.54. The van der Waals surface area contributed by atoms with Crippen molar-refractivity contribution in [2.45, 2.75) is 26.3 Å². The molecule has 3 rings (SSSR count). The van der Waals surface area contributed by atoms with Crippen molar-refractivity contribution < 1.29 is 4.79 Å². The molecule has 0 fully saturated rings. The van der Waals surface area contributed by atoms with E-state index in [2.05, 4.69) is 25.7 Å². The van der Waals surface area contributed by atoms with Gasteiger partial charge in [-0.3, -0.25) is 4.79 Å². The molecular weight excluding hydrogens is 304 g/mol. The van der Waals surface area contributed by atoms with Crippen molar-refractivity contribution in [3.05, 3.63) is 54.0 Å². The summed E-state index contributed by atoms with van der Waals surface area (Å²) in [6.07, 6.45) is 2.67. The van der Waals surface area contributed by atoms with Crippen LogP contribution >= 0.6 is 0 Å². The van der Waals surface area contributed by atoms with Gasteiger partial charge in [0.2, 0.25) is 5.91 Å². The Morgan fingerprint density at radius 3 is 2.88 bits per heavy atom. The van der Waals surface area contributed by atoms with Gasteiger partial charge in [-0.2, -0.15) is 14.6 Å². The number of carbonyl (C=O) groups excluding carboxylic acids is 1. The average Bonchev–Trinajstić information content (AvgIpc) is 3.09. The first kappa shape index (κ1) is 15.9. The van der Waals surface area contributed by atoms with E-state index in [0.717, 1.165) is 23.5 Å². The van der Waals surface area contributed by atoms with Crippen molar-refractivity contribution in [3.63, 3.8) is 0 Å². The van der Waals surface area contributed by atoms with E-state index in [9.17, 15) is 4.79 Å². The van der Waals surface area contributed by atoms with Crippen LogP contribution in [0.1, 0.15) is 24.6 Å². The molecule has 0 aliphatic carbocycles. The van der Waals surface area contributed by atoms with Crippen LogP contribution in [0, 0.1) is 0 Å². The SMILES string of the molecule is CCc1cc(NCCC(=O)NCc2ccccc2)n2ncnc2n1. The van der Waals surface area contributed by atoms with Gasteiger partial charge in [-0.15, -0.1) is 0 Å². The lowest BCUT2D eigenvalue weighted by atomic mass is 10.2. The normalized spacial score (nSPS) is 10.7. The van der Waals surface area contributed by atoms with E-state index >= 15 is 0 Å². The maximum absolute atomic E-state index is 11.9. The van der Waals surface area contributed by atoms with E-state index in [0.29, 0.717) is 25.3 Å². The molecular formula is C17H20N6O. The number of amides is 1. The Morgan fingerprint density at radius 1 is 1.25 bits per heavy atom. The topological polar surface area (TPSA) is 84.2 Å². The van der Waals surface area contributed by atoms with Crippen molar-refractivity contribution >= 4 is 17.5 Å². The molecule has 0 aliphatic heterocycles. The van der Waals surface area contributed by atoms with Crippen LogP contribution in [0.2, 0.25) is 0 Å². The van der Waals surface area contributed by atoms with Gasteiger partial charge in [0.25, 0.3) is 5.78 Å². The molecule has 2 N–H and O–H groups in total. The van der Waals surface area contributed by atoms with E-state index in [-0.39, 0.29) is 5.91 Å². The van der Waals surface area contributed by atoms with Crippen molar-refractivity contribution in [2.75, 3.05) is 11.9 Å². The summed E-state index contributed by atoms with van der Waals surface area (Å²) in [7, 11) is 0. The molecule has 24 heavy (non-hydrogen) atoms. The number of carbonyl (C=O) groups is 1. The summed E-state index contributed by atoms with van der Waals surface area (Å²) in [5.74, 6) is 1.36. The molecule has 0 radical (unpaired) electrons. The van der Waals surface area contributed by atoms with E-state index in [1.165, 1.54) is 6.33 Å². The monoisotopic (exact) mass is 324 g/mol. The summed E-state index contributed by atoms with van der Waals surface area (Å²) in [4.78, 5) is 20.5. The van der Waals surface area contributed by atoms with Gasteiger partial charge < -0.3 is 10.6 Å². The third-order valence-corrected chi connectivity index (χ3v) is 3.66. The molecule has 0 atom stereocenters. The Morgan fingerprint density at radius 2 is 2.08 bits per heavy atom. The summed E-state index contributed by atoms with van der Waals surface area (Å²) < 4.78 is 1.64. The fourth-order valence-corrected chi connectivity index (χ4v) is 2.36. The number of aromatic nitrogens is 4. The second-order valence-electron chi connectivity index (χ2n) is 5.40. The van der Waals surface area contributed by atoms with E-state index < -0.39 is 0 Å². The molecule has 0 unspecified atom stereocenters. The van der Waals surface area contributed by atoms with Crippen LogP contribution in [-0.2, 0) is 17.8 Å². The summed E-state index contributed by atoms with van der Waals surface area (Å²) in [5, 5.41) is 10.3. The molecule has 3 aromatic rings. The van der Waals surface area contributed by atoms with Crippen LogP contribution in [-0.4, -0.2) is 32.0 Å². The lowest BCUT2D eigenvalue weighted by Crippen LogP contribution is -2.25. The van der Waals surface area contributed by atoms with Gasteiger partial charge in [0.05, 0.1) is 0 Å². The highest BCUT2D eigenvalue weighted by Crippen LogP contribution is 2.11. The highest BCUT2D eigenvalue weighted by molar-refractivity contribution is 5.76. The molecule has 7 nitrogen and oxygen atoms in total. The largest absolute Gasteiger partial charge is 0.369 e. The highest BCUT2D eigenvalue weighted by Gasteiger charge is 2.07. The standard InChI is InChI=1S/C17H20N6O/c1-2-14-10-15(23-17(22-14)20-12-21-23)18-9-8-16(24)19-11-13-6-4-3-5-7-13/h3-7,10,12,18H,2,8-9,11H2,1H3,(H,19,24). The number of hydrogen-bond acceptors (Lipinski definition) is 5. The zero-order valence-electron chi connectivity index (χ0n) is 13.6. The predicted molar refractivity (Wildman–Crippen MR) is 91.6 cm³/mol. The third kappa shape index (κ3) is 3.87. The van der Waals surface area contributed by atoms with Crippen LogP contribution in [0.25, 0.3) is 5.78 Å². The first-order valence-corrected chi connectivity index (χ1v) is 8.00. The molecule has 0 aliphatic rings. The maximum atomic E-state index is 11.9. The molecule has 1 aromatic carbocycles. The molecule has 7 heteroatoms. The number of anilines is 1. The molecule has 0 saturated heterocycles. The Kier molecular flexibility index (Phi) is 5.00. The summed E-state index contributed by atoms with van der Waals surface area (Å²) in [6, 6.07) is 11.8. The van der Waals surface area contributed by atoms with Gasteiger partial charge in [-0.05, 0) is 12.0 Å². The van der Waals surface area contributed by atoms with Gasteiger partial charge in [0.15, 0.2) is 0 Å². The van der Waals surface area contributed by atoms with Crippen LogP contribution in [0.4, 0.5) is 5.82 Å². The fourth-order valence-electron chi connectivity index (χ4n) is 2.36. The fraction of sp³-hybridized carbons (Fsp3) is 0.294. The number of hydrogen-bond donors (Lipinski definition) is 2. The number of nitrogens with one attached hydrogen (secondary N) is 2. The van der Waals surface area contributed by atoms with E-state index in [4.69, 9.17) is 0 Å². The van der Waals surface area contributed by atoms with Gasteiger partial charge in [-0.25, -0.2) is 4.98 Å². The van der Waals surface area contributed by atoms with E-state index in [1.807, 2.05) is 43.3 Å². The number of aryl methyl sites for hydroxylation is 1. The molecule has 124 valence electrons. The zero-order valence-corrected chi connectivity index (χ0v) is 13.6. The van der Waals surface area contributed by atoms with Gasteiger partial charge in [0, 0.05) is 31.3 Å². The molecule has 1 amide bonds. The average molecular weight is 324 g/mol. The van der Waals surface area contributed by atoms with Gasteiger partial charge in [-0.1, -0.05) is 37.3 Å². The smallest absolute Gasteiger partial charge is 0.254 e. The number of fused-ring (bicyclic) bond motifs is 1. The summed E-state index contributed by atoms with van der Waals surface area (Å²) in [5.41, 5.74) is 2.02. The number of rotatable bonds is 7. The lowest BCUT2D eigenvalue weighted by Gasteiger charge is -2.09.